The summed E-state index contributed by atoms with van der Waals surface area (Å²) in [6.45, 7) is 0.0159. The van der Waals surface area contributed by atoms with E-state index in [2.05, 4.69) is 10.1 Å². The van der Waals surface area contributed by atoms with Crippen molar-refractivity contribution in [2.24, 2.45) is 0 Å². The molecule has 1 aromatic rings. The Bertz CT molecular complexity index is 698. The van der Waals surface area contributed by atoms with Crippen LogP contribution in [-0.4, -0.2) is 46.2 Å². The van der Waals surface area contributed by atoms with Gasteiger partial charge in [0.05, 0.1) is 24.6 Å². The Morgan fingerprint density at radius 1 is 1.35 bits per heavy atom. The number of nitrogens with zero attached hydrogens (tertiary/aromatic N) is 1. The van der Waals surface area contributed by atoms with Crippen LogP contribution in [-0.2, 0) is 19.6 Å². The van der Waals surface area contributed by atoms with Crippen molar-refractivity contribution >= 4 is 27.6 Å². The predicted molar refractivity (Wildman–Crippen MR) is 85.8 cm³/mol. The number of hydrogen-bond donors (Lipinski definition) is 1. The minimum absolute atomic E-state index is 0.0159. The number of rotatable bonds is 7. The summed E-state index contributed by atoms with van der Waals surface area (Å²) in [5.74, 6) is -0.725. The van der Waals surface area contributed by atoms with Crippen LogP contribution in [0.5, 0.6) is 0 Å². The molecule has 1 amide bonds. The molecular weight excluding hydrogens is 320 g/mol. The molecule has 0 aliphatic heterocycles. The molecule has 0 atom stereocenters. The molecule has 0 unspecified atom stereocenters. The van der Waals surface area contributed by atoms with Gasteiger partial charge in [-0.2, -0.15) is 0 Å². The average molecular weight is 340 g/mol. The number of benzene rings is 1. The molecule has 0 spiro atoms. The number of esters is 1. The number of anilines is 1. The predicted octanol–water partition coefficient (Wildman–Crippen LogP) is 0.908. The lowest BCUT2D eigenvalue weighted by Gasteiger charge is -2.22. The van der Waals surface area contributed by atoms with Gasteiger partial charge in [-0.3, -0.25) is 9.10 Å². The Kier molecular flexibility index (Phi) is 5.25. The molecule has 0 aromatic heterocycles. The highest BCUT2D eigenvalue weighted by molar-refractivity contribution is 7.92. The maximum absolute atomic E-state index is 12.0. The number of carbonyl (C=O) groups excluding carboxylic acids is 2. The van der Waals surface area contributed by atoms with Gasteiger partial charge in [0.2, 0.25) is 15.9 Å². The molecule has 1 fully saturated rings. The van der Waals surface area contributed by atoms with E-state index in [1.165, 1.54) is 19.2 Å². The Morgan fingerprint density at radius 3 is 2.61 bits per heavy atom. The second kappa shape index (κ2) is 6.99. The van der Waals surface area contributed by atoms with Gasteiger partial charge in [-0.1, -0.05) is 6.07 Å². The van der Waals surface area contributed by atoms with Crippen molar-refractivity contribution in [2.75, 3.05) is 24.2 Å². The van der Waals surface area contributed by atoms with Gasteiger partial charge in [-0.25, -0.2) is 13.2 Å². The number of nitrogens with one attached hydrogen (secondary N) is 1. The van der Waals surface area contributed by atoms with Crippen LogP contribution in [0.1, 0.15) is 29.6 Å². The summed E-state index contributed by atoms with van der Waals surface area (Å²) in [5.41, 5.74) is 0.579. The molecule has 126 valence electrons. The van der Waals surface area contributed by atoms with Crippen LogP contribution in [0.4, 0.5) is 5.69 Å². The van der Waals surface area contributed by atoms with Gasteiger partial charge in [0, 0.05) is 19.0 Å². The van der Waals surface area contributed by atoms with Crippen molar-refractivity contribution in [3.63, 3.8) is 0 Å². The zero-order valence-corrected chi connectivity index (χ0v) is 13.9. The third-order valence-electron chi connectivity index (χ3n) is 3.44. The maximum Gasteiger partial charge on any atom is 0.337 e. The first-order chi connectivity index (χ1) is 10.8. The standard InChI is InChI=1S/C15H20N2O5S/c1-22-15(19)11-4-3-5-13(10-11)17(23(2,20)21)9-8-14(18)16-12-6-7-12/h3-5,10,12H,6-9H2,1-2H3,(H,16,18). The van der Waals surface area contributed by atoms with Crippen molar-refractivity contribution in [3.8, 4) is 0 Å². The number of methoxy groups -OCH3 is 1. The van der Waals surface area contributed by atoms with E-state index in [1.54, 1.807) is 12.1 Å². The summed E-state index contributed by atoms with van der Waals surface area (Å²) < 4.78 is 29.8. The normalized spacial score (nSPS) is 14.2. The van der Waals surface area contributed by atoms with Crippen LogP contribution >= 0.6 is 0 Å². The lowest BCUT2D eigenvalue weighted by atomic mass is 10.2. The lowest BCUT2D eigenvalue weighted by Crippen LogP contribution is -2.35. The van der Waals surface area contributed by atoms with Crippen LogP contribution in [0, 0.1) is 0 Å². The summed E-state index contributed by atoms with van der Waals surface area (Å²) in [6.07, 6.45) is 3.08. The van der Waals surface area contributed by atoms with Crippen molar-refractivity contribution in [1.82, 2.24) is 5.32 Å². The molecule has 1 aromatic carbocycles. The third-order valence-corrected chi connectivity index (χ3v) is 4.63. The van der Waals surface area contributed by atoms with Crippen LogP contribution in [0.15, 0.2) is 24.3 Å². The van der Waals surface area contributed by atoms with Gasteiger partial charge < -0.3 is 10.1 Å². The second-order valence-corrected chi connectivity index (χ2v) is 7.38. The van der Waals surface area contributed by atoms with Crippen molar-refractivity contribution < 1.29 is 22.7 Å². The number of amides is 1. The van der Waals surface area contributed by atoms with Crippen molar-refractivity contribution in [3.05, 3.63) is 29.8 Å². The molecule has 23 heavy (non-hydrogen) atoms. The first-order valence-electron chi connectivity index (χ1n) is 7.26. The summed E-state index contributed by atoms with van der Waals surface area (Å²) in [4.78, 5) is 23.3. The Balaban J connectivity index is 2.14. The van der Waals surface area contributed by atoms with Crippen molar-refractivity contribution in [1.29, 1.82) is 0 Å². The molecule has 0 saturated heterocycles. The lowest BCUT2D eigenvalue weighted by molar-refractivity contribution is -0.121. The molecule has 1 saturated carbocycles. The van der Waals surface area contributed by atoms with Crippen LogP contribution in [0.2, 0.25) is 0 Å². The van der Waals surface area contributed by atoms with Gasteiger partial charge >= 0.3 is 5.97 Å². The highest BCUT2D eigenvalue weighted by atomic mass is 32.2. The maximum atomic E-state index is 12.0. The third kappa shape index (κ3) is 4.95. The van der Waals surface area contributed by atoms with Crippen LogP contribution in [0.25, 0.3) is 0 Å². The SMILES string of the molecule is COC(=O)c1cccc(N(CCC(=O)NC2CC2)S(C)(=O)=O)c1. The fourth-order valence-corrected chi connectivity index (χ4v) is 3.04. The minimum Gasteiger partial charge on any atom is -0.465 e. The minimum atomic E-state index is -3.57. The molecule has 1 aliphatic rings. The highest BCUT2D eigenvalue weighted by Crippen LogP contribution is 2.21. The molecule has 8 heteroatoms. The fraction of sp³-hybridized carbons (Fsp3) is 0.467. The molecule has 7 nitrogen and oxygen atoms in total. The van der Waals surface area contributed by atoms with E-state index >= 15 is 0 Å². The van der Waals surface area contributed by atoms with E-state index in [1.807, 2.05) is 0 Å². The summed E-state index contributed by atoms with van der Waals surface area (Å²) in [6, 6.07) is 6.36. The van der Waals surface area contributed by atoms with E-state index in [4.69, 9.17) is 0 Å². The second-order valence-electron chi connectivity index (χ2n) is 5.47. The van der Waals surface area contributed by atoms with Crippen LogP contribution in [0.3, 0.4) is 0 Å². The zero-order valence-electron chi connectivity index (χ0n) is 13.1. The van der Waals surface area contributed by atoms with E-state index in [0.717, 1.165) is 23.4 Å². The van der Waals surface area contributed by atoms with E-state index in [0.29, 0.717) is 5.69 Å². The highest BCUT2D eigenvalue weighted by Gasteiger charge is 2.24. The monoisotopic (exact) mass is 340 g/mol. The summed E-state index contributed by atoms with van der Waals surface area (Å²) >= 11 is 0. The summed E-state index contributed by atoms with van der Waals surface area (Å²) in [5, 5.41) is 2.82. The van der Waals surface area contributed by atoms with Gasteiger partial charge in [0.25, 0.3) is 0 Å². The fourth-order valence-electron chi connectivity index (χ4n) is 2.12. The first-order valence-corrected chi connectivity index (χ1v) is 9.11. The van der Waals surface area contributed by atoms with Gasteiger partial charge in [0.15, 0.2) is 0 Å². The molecule has 0 bridgehead atoms. The van der Waals surface area contributed by atoms with Gasteiger partial charge in [-0.05, 0) is 31.0 Å². The Morgan fingerprint density at radius 2 is 2.04 bits per heavy atom. The van der Waals surface area contributed by atoms with Crippen LogP contribution < -0.4 is 9.62 Å². The largest absolute Gasteiger partial charge is 0.465 e. The first kappa shape index (κ1) is 17.3. The zero-order chi connectivity index (χ0) is 17.0. The molecule has 0 heterocycles. The number of carbonyl (C=O) groups is 2. The Hall–Kier alpha value is -2.09. The molecule has 2 rings (SSSR count). The van der Waals surface area contributed by atoms with Gasteiger partial charge in [-0.15, -0.1) is 0 Å². The van der Waals surface area contributed by atoms with Gasteiger partial charge in [0.1, 0.15) is 0 Å². The van der Waals surface area contributed by atoms with E-state index in [9.17, 15) is 18.0 Å². The number of sulfonamides is 1. The molecule has 1 N–H and O–H groups in total. The van der Waals surface area contributed by atoms with Crippen molar-refractivity contribution in [2.45, 2.75) is 25.3 Å². The molecular formula is C15H20N2O5S. The number of hydrogen-bond acceptors (Lipinski definition) is 5. The Labute approximate surface area is 135 Å². The quantitative estimate of drug-likeness (QED) is 0.745. The van der Waals surface area contributed by atoms with E-state index in [-0.39, 0.29) is 30.5 Å². The summed E-state index contributed by atoms with van der Waals surface area (Å²) in [7, 11) is -2.32. The van der Waals surface area contributed by atoms with E-state index < -0.39 is 16.0 Å². The number of ether oxygens (including phenoxy) is 1. The molecule has 1 aliphatic carbocycles. The average Bonchev–Trinajstić information content (AvgIpc) is 3.29. The smallest absolute Gasteiger partial charge is 0.337 e. The topological polar surface area (TPSA) is 92.8 Å². The molecule has 0 radical (unpaired) electrons.